The lowest BCUT2D eigenvalue weighted by atomic mass is 10.2. The number of hydrogen-bond acceptors (Lipinski definition) is 2. The van der Waals surface area contributed by atoms with Crippen LogP contribution in [0.25, 0.3) is 21.8 Å². The van der Waals surface area contributed by atoms with Gasteiger partial charge in [-0.3, -0.25) is 4.79 Å². The molecule has 0 radical (unpaired) electrons. The SMILES string of the molecule is COc1cccc2[nH]c(C(=O)c3cc4ccccc4[nH]3)cc12. The molecule has 0 aliphatic rings. The van der Waals surface area contributed by atoms with Crippen molar-refractivity contribution in [1.82, 2.24) is 9.97 Å². The molecule has 0 saturated heterocycles. The molecule has 0 saturated carbocycles. The third kappa shape index (κ3) is 1.89. The van der Waals surface area contributed by atoms with E-state index in [0.717, 1.165) is 27.6 Å². The Hall–Kier alpha value is -3.01. The molecule has 2 aromatic carbocycles. The maximum absolute atomic E-state index is 12.7. The van der Waals surface area contributed by atoms with E-state index < -0.39 is 0 Å². The van der Waals surface area contributed by atoms with Crippen LogP contribution in [0.5, 0.6) is 5.75 Å². The molecule has 0 unspecified atom stereocenters. The second-order valence-corrected chi connectivity index (χ2v) is 5.20. The van der Waals surface area contributed by atoms with Crippen LogP contribution >= 0.6 is 0 Å². The van der Waals surface area contributed by atoms with Gasteiger partial charge in [0.2, 0.25) is 5.78 Å². The summed E-state index contributed by atoms with van der Waals surface area (Å²) in [5, 5.41) is 1.93. The summed E-state index contributed by atoms with van der Waals surface area (Å²) >= 11 is 0. The molecule has 4 aromatic rings. The van der Waals surface area contributed by atoms with Crippen molar-refractivity contribution in [3.63, 3.8) is 0 Å². The van der Waals surface area contributed by atoms with Gasteiger partial charge in [-0.2, -0.15) is 0 Å². The van der Waals surface area contributed by atoms with E-state index in [0.29, 0.717) is 11.4 Å². The number of hydrogen-bond donors (Lipinski definition) is 2. The zero-order valence-electron chi connectivity index (χ0n) is 12.0. The largest absolute Gasteiger partial charge is 0.496 e. The van der Waals surface area contributed by atoms with Gasteiger partial charge in [-0.1, -0.05) is 24.3 Å². The average Bonchev–Trinajstić information content (AvgIpc) is 3.17. The Bertz CT molecular complexity index is 962. The highest BCUT2D eigenvalue weighted by Gasteiger charge is 2.15. The Morgan fingerprint density at radius 2 is 1.64 bits per heavy atom. The average molecular weight is 290 g/mol. The number of aromatic amines is 2. The van der Waals surface area contributed by atoms with Gasteiger partial charge in [0.1, 0.15) is 5.75 Å². The Morgan fingerprint density at radius 1 is 0.909 bits per heavy atom. The molecular formula is C18H14N2O2. The minimum atomic E-state index is -0.0607. The Labute approximate surface area is 126 Å². The van der Waals surface area contributed by atoms with E-state index in [1.54, 1.807) is 7.11 Å². The molecular weight excluding hydrogens is 276 g/mol. The summed E-state index contributed by atoms with van der Waals surface area (Å²) in [7, 11) is 1.63. The zero-order valence-corrected chi connectivity index (χ0v) is 12.0. The fraction of sp³-hybridized carbons (Fsp3) is 0.0556. The molecule has 4 rings (SSSR count). The summed E-state index contributed by atoms with van der Waals surface area (Å²) in [6.45, 7) is 0. The Morgan fingerprint density at radius 3 is 2.45 bits per heavy atom. The first-order valence-corrected chi connectivity index (χ1v) is 7.04. The van der Waals surface area contributed by atoms with Gasteiger partial charge in [0.05, 0.1) is 18.5 Å². The van der Waals surface area contributed by atoms with Crippen molar-refractivity contribution in [2.75, 3.05) is 7.11 Å². The highest BCUT2D eigenvalue weighted by Crippen LogP contribution is 2.27. The van der Waals surface area contributed by atoms with E-state index in [-0.39, 0.29) is 5.78 Å². The monoisotopic (exact) mass is 290 g/mol. The summed E-state index contributed by atoms with van der Waals surface area (Å²) < 4.78 is 5.34. The number of carbonyl (C=O) groups excluding carboxylic acids is 1. The molecule has 0 fully saturated rings. The molecule has 2 heterocycles. The van der Waals surface area contributed by atoms with E-state index >= 15 is 0 Å². The van der Waals surface area contributed by atoms with Crippen molar-refractivity contribution in [3.05, 3.63) is 66.0 Å². The molecule has 4 nitrogen and oxygen atoms in total. The predicted octanol–water partition coefficient (Wildman–Crippen LogP) is 3.89. The van der Waals surface area contributed by atoms with Crippen LogP contribution in [0.2, 0.25) is 0 Å². The molecule has 0 aliphatic carbocycles. The fourth-order valence-electron chi connectivity index (χ4n) is 2.77. The fourth-order valence-corrected chi connectivity index (χ4v) is 2.77. The molecule has 4 heteroatoms. The smallest absolute Gasteiger partial charge is 0.225 e. The minimum Gasteiger partial charge on any atom is -0.496 e. The van der Waals surface area contributed by atoms with Gasteiger partial charge in [0.25, 0.3) is 0 Å². The molecule has 0 atom stereocenters. The number of fused-ring (bicyclic) bond motifs is 2. The number of nitrogens with one attached hydrogen (secondary N) is 2. The first-order chi connectivity index (χ1) is 10.8. The van der Waals surface area contributed by atoms with Gasteiger partial charge in [-0.05, 0) is 30.3 Å². The molecule has 0 amide bonds. The van der Waals surface area contributed by atoms with Crippen LogP contribution in [0.15, 0.2) is 54.6 Å². The van der Waals surface area contributed by atoms with Gasteiger partial charge in [0, 0.05) is 21.8 Å². The molecule has 2 aromatic heterocycles. The molecule has 0 spiro atoms. The number of ether oxygens (including phenoxy) is 1. The van der Waals surface area contributed by atoms with Gasteiger partial charge in [-0.15, -0.1) is 0 Å². The van der Waals surface area contributed by atoms with E-state index in [9.17, 15) is 4.79 Å². The highest BCUT2D eigenvalue weighted by molar-refractivity contribution is 6.11. The molecule has 108 valence electrons. The lowest BCUT2D eigenvalue weighted by Gasteiger charge is -1.99. The van der Waals surface area contributed by atoms with Gasteiger partial charge in [0.15, 0.2) is 0 Å². The van der Waals surface area contributed by atoms with Crippen LogP contribution in [0, 0.1) is 0 Å². The number of aromatic nitrogens is 2. The van der Waals surface area contributed by atoms with E-state index in [1.165, 1.54) is 0 Å². The van der Waals surface area contributed by atoms with Crippen LogP contribution in [0.1, 0.15) is 16.2 Å². The van der Waals surface area contributed by atoms with Crippen molar-refractivity contribution in [2.24, 2.45) is 0 Å². The standard InChI is InChI=1S/C18H14N2O2/c1-22-17-8-4-7-14-12(17)10-16(20-14)18(21)15-9-11-5-2-3-6-13(11)19-15/h2-10,19-20H,1H3. The first kappa shape index (κ1) is 12.7. The third-order valence-corrected chi connectivity index (χ3v) is 3.86. The number of rotatable bonds is 3. The van der Waals surface area contributed by atoms with Gasteiger partial charge >= 0.3 is 0 Å². The van der Waals surface area contributed by atoms with Crippen LogP contribution in [-0.2, 0) is 0 Å². The number of ketones is 1. The third-order valence-electron chi connectivity index (χ3n) is 3.86. The van der Waals surface area contributed by atoms with Crippen LogP contribution < -0.4 is 4.74 Å². The number of methoxy groups -OCH3 is 1. The molecule has 0 bridgehead atoms. The number of para-hydroxylation sites is 1. The Balaban J connectivity index is 1.82. The van der Waals surface area contributed by atoms with Crippen LogP contribution in [0.4, 0.5) is 0 Å². The summed E-state index contributed by atoms with van der Waals surface area (Å²) in [5.74, 6) is 0.693. The van der Waals surface area contributed by atoms with Crippen molar-refractivity contribution in [1.29, 1.82) is 0 Å². The molecule has 22 heavy (non-hydrogen) atoms. The van der Waals surface area contributed by atoms with Crippen LogP contribution in [0.3, 0.4) is 0 Å². The van der Waals surface area contributed by atoms with Gasteiger partial charge < -0.3 is 14.7 Å². The van der Waals surface area contributed by atoms with Crippen LogP contribution in [-0.4, -0.2) is 22.9 Å². The Kier molecular flexibility index (Phi) is 2.76. The van der Waals surface area contributed by atoms with Crippen molar-refractivity contribution in [2.45, 2.75) is 0 Å². The summed E-state index contributed by atoms with van der Waals surface area (Å²) in [6, 6.07) is 17.3. The summed E-state index contributed by atoms with van der Waals surface area (Å²) in [4.78, 5) is 19.0. The lowest BCUT2D eigenvalue weighted by Crippen LogP contribution is -2.01. The number of carbonyl (C=O) groups is 1. The van der Waals surface area contributed by atoms with E-state index in [1.807, 2.05) is 54.6 Å². The molecule has 0 aliphatic heterocycles. The topological polar surface area (TPSA) is 57.9 Å². The van der Waals surface area contributed by atoms with Crippen molar-refractivity contribution >= 4 is 27.6 Å². The second-order valence-electron chi connectivity index (χ2n) is 5.20. The zero-order chi connectivity index (χ0) is 15.1. The minimum absolute atomic E-state index is 0.0607. The van der Waals surface area contributed by atoms with Crippen molar-refractivity contribution in [3.8, 4) is 5.75 Å². The maximum Gasteiger partial charge on any atom is 0.225 e. The first-order valence-electron chi connectivity index (χ1n) is 7.04. The summed E-state index contributed by atoms with van der Waals surface area (Å²) in [5.41, 5.74) is 2.97. The maximum atomic E-state index is 12.7. The summed E-state index contributed by atoms with van der Waals surface area (Å²) in [6.07, 6.45) is 0. The van der Waals surface area contributed by atoms with Crippen molar-refractivity contribution < 1.29 is 9.53 Å². The predicted molar refractivity (Wildman–Crippen MR) is 86.6 cm³/mol. The van der Waals surface area contributed by atoms with E-state index in [2.05, 4.69) is 9.97 Å². The van der Waals surface area contributed by atoms with E-state index in [4.69, 9.17) is 4.74 Å². The number of benzene rings is 2. The molecule has 2 N–H and O–H groups in total. The quantitative estimate of drug-likeness (QED) is 0.562. The highest BCUT2D eigenvalue weighted by atomic mass is 16.5. The second kappa shape index (κ2) is 4.77. The van der Waals surface area contributed by atoms with Gasteiger partial charge in [-0.25, -0.2) is 0 Å². The number of H-pyrrole nitrogens is 2. The lowest BCUT2D eigenvalue weighted by molar-refractivity contribution is 0.103. The normalized spacial score (nSPS) is 11.1.